The Hall–Kier alpha value is -1.60. The summed E-state index contributed by atoms with van der Waals surface area (Å²) < 4.78 is 0. The standard InChI is InChI=1S/C19H25N/c1-4-19(15-20-3,18-8-6-5-7-9-18)14-17-12-10-16(2)11-13-17/h5-13,20H,4,14-15H2,1-3H3. The summed E-state index contributed by atoms with van der Waals surface area (Å²) in [5.74, 6) is 0. The molecule has 0 aliphatic carbocycles. The maximum atomic E-state index is 3.39. The highest BCUT2D eigenvalue weighted by Crippen LogP contribution is 2.31. The third kappa shape index (κ3) is 3.29. The van der Waals surface area contributed by atoms with Crippen LogP contribution in [0.15, 0.2) is 54.6 Å². The van der Waals surface area contributed by atoms with Crippen LogP contribution in [0.3, 0.4) is 0 Å². The quantitative estimate of drug-likeness (QED) is 0.830. The highest BCUT2D eigenvalue weighted by atomic mass is 14.8. The van der Waals surface area contributed by atoms with Crippen molar-refractivity contribution in [1.29, 1.82) is 0 Å². The van der Waals surface area contributed by atoms with Crippen LogP contribution in [0.1, 0.15) is 30.0 Å². The predicted octanol–water partition coefficient (Wildman–Crippen LogP) is 4.10. The normalized spacial score (nSPS) is 13.9. The minimum Gasteiger partial charge on any atom is -0.319 e. The number of benzene rings is 2. The van der Waals surface area contributed by atoms with E-state index in [2.05, 4.69) is 73.8 Å². The van der Waals surface area contributed by atoms with E-state index in [1.54, 1.807) is 0 Å². The summed E-state index contributed by atoms with van der Waals surface area (Å²) in [6, 6.07) is 19.8. The van der Waals surface area contributed by atoms with Crippen molar-refractivity contribution in [3.05, 3.63) is 71.3 Å². The highest BCUT2D eigenvalue weighted by molar-refractivity contribution is 5.31. The molecule has 0 radical (unpaired) electrons. The van der Waals surface area contributed by atoms with E-state index in [1.807, 2.05) is 7.05 Å². The molecule has 0 aliphatic heterocycles. The van der Waals surface area contributed by atoms with Gasteiger partial charge in [-0.15, -0.1) is 0 Å². The van der Waals surface area contributed by atoms with Crippen LogP contribution >= 0.6 is 0 Å². The first-order valence-corrected chi connectivity index (χ1v) is 7.46. The summed E-state index contributed by atoms with van der Waals surface area (Å²) in [6.07, 6.45) is 2.21. The second-order valence-corrected chi connectivity index (χ2v) is 5.69. The Labute approximate surface area is 123 Å². The van der Waals surface area contributed by atoms with Gasteiger partial charge in [-0.2, -0.15) is 0 Å². The summed E-state index contributed by atoms with van der Waals surface area (Å²) in [6.45, 7) is 5.43. The Balaban J connectivity index is 2.34. The zero-order chi connectivity index (χ0) is 14.4. The average molecular weight is 267 g/mol. The number of rotatable bonds is 6. The maximum absolute atomic E-state index is 3.39. The summed E-state index contributed by atoms with van der Waals surface area (Å²) in [5, 5.41) is 3.39. The van der Waals surface area contributed by atoms with E-state index in [0.29, 0.717) is 0 Å². The second kappa shape index (κ2) is 6.71. The lowest BCUT2D eigenvalue weighted by Crippen LogP contribution is -2.38. The van der Waals surface area contributed by atoms with Gasteiger partial charge in [-0.3, -0.25) is 0 Å². The van der Waals surface area contributed by atoms with Gasteiger partial charge in [0.2, 0.25) is 0 Å². The van der Waals surface area contributed by atoms with Gasteiger partial charge in [0.05, 0.1) is 0 Å². The molecule has 0 amide bonds. The molecule has 2 rings (SSSR count). The SMILES string of the molecule is CCC(CNC)(Cc1ccc(C)cc1)c1ccccc1. The van der Waals surface area contributed by atoms with Gasteiger partial charge in [0.25, 0.3) is 0 Å². The lowest BCUT2D eigenvalue weighted by Gasteiger charge is -2.34. The van der Waals surface area contributed by atoms with E-state index in [1.165, 1.54) is 16.7 Å². The van der Waals surface area contributed by atoms with Gasteiger partial charge >= 0.3 is 0 Å². The number of hydrogen-bond acceptors (Lipinski definition) is 1. The molecule has 0 saturated heterocycles. The van der Waals surface area contributed by atoms with Crippen LogP contribution in [0, 0.1) is 6.92 Å². The molecule has 0 aromatic heterocycles. The number of likely N-dealkylation sites (N-methyl/N-ethyl adjacent to an activating group) is 1. The molecule has 1 unspecified atom stereocenters. The Kier molecular flexibility index (Phi) is 4.97. The first kappa shape index (κ1) is 14.8. The van der Waals surface area contributed by atoms with Crippen molar-refractivity contribution in [2.24, 2.45) is 0 Å². The fourth-order valence-corrected chi connectivity index (χ4v) is 2.95. The predicted molar refractivity (Wildman–Crippen MR) is 87.2 cm³/mol. The van der Waals surface area contributed by atoms with E-state index >= 15 is 0 Å². The van der Waals surface area contributed by atoms with Gasteiger partial charge in [-0.1, -0.05) is 67.1 Å². The van der Waals surface area contributed by atoms with E-state index in [-0.39, 0.29) is 5.41 Å². The van der Waals surface area contributed by atoms with Crippen LogP contribution in [-0.4, -0.2) is 13.6 Å². The third-order valence-corrected chi connectivity index (χ3v) is 4.24. The average Bonchev–Trinajstić information content (AvgIpc) is 2.50. The number of aryl methyl sites for hydroxylation is 1. The molecule has 0 bridgehead atoms. The van der Waals surface area contributed by atoms with Gasteiger partial charge in [-0.25, -0.2) is 0 Å². The van der Waals surface area contributed by atoms with Crippen LogP contribution < -0.4 is 5.32 Å². The zero-order valence-corrected chi connectivity index (χ0v) is 12.8. The zero-order valence-electron chi connectivity index (χ0n) is 12.8. The van der Waals surface area contributed by atoms with E-state index in [0.717, 1.165) is 19.4 Å². The topological polar surface area (TPSA) is 12.0 Å². The lowest BCUT2D eigenvalue weighted by atomic mass is 9.73. The van der Waals surface area contributed by atoms with Gasteiger partial charge in [0.1, 0.15) is 0 Å². The Morgan fingerprint density at radius 2 is 1.60 bits per heavy atom. The fourth-order valence-electron chi connectivity index (χ4n) is 2.95. The lowest BCUT2D eigenvalue weighted by molar-refractivity contribution is 0.391. The molecule has 20 heavy (non-hydrogen) atoms. The Bertz CT molecular complexity index is 515. The molecule has 0 heterocycles. The van der Waals surface area contributed by atoms with Crippen molar-refractivity contribution >= 4 is 0 Å². The minimum atomic E-state index is 0.172. The maximum Gasteiger partial charge on any atom is 0.0115 e. The molecular formula is C19H25N. The van der Waals surface area contributed by atoms with E-state index in [4.69, 9.17) is 0 Å². The summed E-state index contributed by atoms with van der Waals surface area (Å²) in [7, 11) is 2.04. The number of hydrogen-bond donors (Lipinski definition) is 1. The van der Waals surface area contributed by atoms with Crippen LogP contribution in [0.4, 0.5) is 0 Å². The molecule has 1 nitrogen and oxygen atoms in total. The van der Waals surface area contributed by atoms with Crippen molar-refractivity contribution in [2.45, 2.75) is 32.1 Å². The molecule has 0 fully saturated rings. The fraction of sp³-hybridized carbons (Fsp3) is 0.368. The summed E-state index contributed by atoms with van der Waals surface area (Å²) in [4.78, 5) is 0. The first-order chi connectivity index (χ1) is 9.70. The van der Waals surface area contributed by atoms with Gasteiger partial charge in [0, 0.05) is 12.0 Å². The van der Waals surface area contributed by atoms with Crippen molar-refractivity contribution in [3.8, 4) is 0 Å². The highest BCUT2D eigenvalue weighted by Gasteiger charge is 2.29. The molecular weight excluding hydrogens is 242 g/mol. The van der Waals surface area contributed by atoms with Crippen molar-refractivity contribution in [2.75, 3.05) is 13.6 Å². The van der Waals surface area contributed by atoms with Crippen molar-refractivity contribution < 1.29 is 0 Å². The largest absolute Gasteiger partial charge is 0.319 e. The minimum absolute atomic E-state index is 0.172. The molecule has 2 aromatic carbocycles. The Morgan fingerprint density at radius 1 is 0.950 bits per heavy atom. The van der Waals surface area contributed by atoms with E-state index < -0.39 is 0 Å². The molecule has 2 aromatic rings. The second-order valence-electron chi connectivity index (χ2n) is 5.69. The van der Waals surface area contributed by atoms with Crippen LogP contribution in [0.2, 0.25) is 0 Å². The summed E-state index contributed by atoms with van der Waals surface area (Å²) in [5.41, 5.74) is 4.34. The Morgan fingerprint density at radius 3 is 2.15 bits per heavy atom. The molecule has 0 spiro atoms. The third-order valence-electron chi connectivity index (χ3n) is 4.24. The molecule has 106 valence electrons. The summed E-state index contributed by atoms with van der Waals surface area (Å²) >= 11 is 0. The molecule has 0 aliphatic rings. The molecule has 1 heteroatoms. The monoisotopic (exact) mass is 267 g/mol. The molecule has 1 atom stereocenters. The number of nitrogens with one attached hydrogen (secondary N) is 1. The van der Waals surface area contributed by atoms with Crippen molar-refractivity contribution in [3.63, 3.8) is 0 Å². The van der Waals surface area contributed by atoms with Gasteiger partial charge in [-0.05, 0) is 37.9 Å². The molecule has 1 N–H and O–H groups in total. The smallest absolute Gasteiger partial charge is 0.0115 e. The van der Waals surface area contributed by atoms with Crippen LogP contribution in [0.5, 0.6) is 0 Å². The van der Waals surface area contributed by atoms with Gasteiger partial charge < -0.3 is 5.32 Å². The van der Waals surface area contributed by atoms with E-state index in [9.17, 15) is 0 Å². The van der Waals surface area contributed by atoms with Gasteiger partial charge in [0.15, 0.2) is 0 Å². The van der Waals surface area contributed by atoms with Crippen molar-refractivity contribution in [1.82, 2.24) is 5.32 Å². The first-order valence-electron chi connectivity index (χ1n) is 7.46. The molecule has 0 saturated carbocycles. The van der Waals surface area contributed by atoms with Crippen LogP contribution in [-0.2, 0) is 11.8 Å². The van der Waals surface area contributed by atoms with Crippen LogP contribution in [0.25, 0.3) is 0 Å².